The number of halogens is 2. The van der Waals surface area contributed by atoms with Crippen LogP contribution >= 0.6 is 23.2 Å². The summed E-state index contributed by atoms with van der Waals surface area (Å²) in [4.78, 5) is 4.49. The lowest BCUT2D eigenvalue weighted by Crippen LogP contribution is -2.39. The molecule has 0 aliphatic carbocycles. The summed E-state index contributed by atoms with van der Waals surface area (Å²) in [5.41, 5.74) is 6.77. The second-order valence-electron chi connectivity index (χ2n) is 5.39. The van der Waals surface area contributed by atoms with Crippen LogP contribution in [0.4, 0.5) is 0 Å². The van der Waals surface area contributed by atoms with Crippen molar-refractivity contribution in [1.82, 2.24) is 5.32 Å². The Hall–Kier alpha value is -1.23. The van der Waals surface area contributed by atoms with E-state index in [9.17, 15) is 0 Å². The fourth-order valence-electron chi connectivity index (χ4n) is 2.66. The Balaban J connectivity index is 2.26. The predicted octanol–water partition coefficient (Wildman–Crippen LogP) is 3.13. The molecule has 0 radical (unpaired) electrons. The Morgan fingerprint density at radius 2 is 2.14 bits per heavy atom. The van der Waals surface area contributed by atoms with Crippen molar-refractivity contribution in [3.63, 3.8) is 0 Å². The summed E-state index contributed by atoms with van der Waals surface area (Å²) in [5, 5.41) is 4.29. The molecule has 0 aromatic heterocycles. The molecule has 6 heteroatoms. The molecule has 1 aliphatic rings. The van der Waals surface area contributed by atoms with Gasteiger partial charge in [-0.25, -0.2) is 0 Å². The molecule has 0 saturated carbocycles. The van der Waals surface area contributed by atoms with Gasteiger partial charge in [0, 0.05) is 35.2 Å². The van der Waals surface area contributed by atoms with E-state index >= 15 is 0 Å². The zero-order valence-corrected chi connectivity index (χ0v) is 14.0. The SMILES string of the molecule is C=CCNC(N)=NCC1(c2ccc(Cl)cc2Cl)CCOCC1. The van der Waals surface area contributed by atoms with Crippen LogP contribution in [0.15, 0.2) is 35.8 Å². The molecule has 0 spiro atoms. The molecule has 0 amide bonds. The van der Waals surface area contributed by atoms with Gasteiger partial charge in [-0.1, -0.05) is 35.3 Å². The van der Waals surface area contributed by atoms with Gasteiger partial charge >= 0.3 is 0 Å². The van der Waals surface area contributed by atoms with Crippen LogP contribution < -0.4 is 11.1 Å². The molecule has 120 valence electrons. The van der Waals surface area contributed by atoms with Gasteiger partial charge in [0.2, 0.25) is 0 Å². The third-order valence-corrected chi connectivity index (χ3v) is 4.48. The molecule has 1 aromatic carbocycles. The van der Waals surface area contributed by atoms with E-state index in [4.69, 9.17) is 33.7 Å². The van der Waals surface area contributed by atoms with E-state index < -0.39 is 0 Å². The Kier molecular flexibility index (Phi) is 6.12. The molecule has 0 bridgehead atoms. The Morgan fingerprint density at radius 1 is 1.41 bits per heavy atom. The van der Waals surface area contributed by atoms with Crippen LogP contribution in [-0.2, 0) is 10.2 Å². The van der Waals surface area contributed by atoms with Gasteiger partial charge in [0.25, 0.3) is 0 Å². The van der Waals surface area contributed by atoms with E-state index in [1.54, 1.807) is 12.1 Å². The Labute approximate surface area is 141 Å². The van der Waals surface area contributed by atoms with Crippen molar-refractivity contribution in [2.75, 3.05) is 26.3 Å². The zero-order chi connectivity index (χ0) is 16.0. The van der Waals surface area contributed by atoms with Gasteiger partial charge in [0.15, 0.2) is 5.96 Å². The number of nitrogens with zero attached hydrogens (tertiary/aromatic N) is 1. The van der Waals surface area contributed by atoms with Crippen LogP contribution in [0.5, 0.6) is 0 Å². The lowest BCUT2D eigenvalue weighted by molar-refractivity contribution is 0.0531. The van der Waals surface area contributed by atoms with Crippen LogP contribution in [0.2, 0.25) is 10.0 Å². The molecule has 1 fully saturated rings. The Morgan fingerprint density at radius 3 is 2.77 bits per heavy atom. The highest BCUT2D eigenvalue weighted by Crippen LogP contribution is 2.39. The molecular weight excluding hydrogens is 321 g/mol. The first-order valence-electron chi connectivity index (χ1n) is 7.25. The highest BCUT2D eigenvalue weighted by molar-refractivity contribution is 6.35. The molecule has 2 rings (SSSR count). The first kappa shape index (κ1) is 17.1. The number of nitrogens with two attached hydrogens (primary N) is 1. The standard InChI is InChI=1S/C16H21Cl2N3O/c1-2-7-20-15(19)21-11-16(5-8-22-9-6-16)13-4-3-12(17)10-14(13)18/h2-4,10H,1,5-9,11H2,(H3,19,20,21). The smallest absolute Gasteiger partial charge is 0.188 e. The van der Waals surface area contributed by atoms with Crippen molar-refractivity contribution in [3.05, 3.63) is 46.5 Å². The van der Waals surface area contributed by atoms with E-state index in [1.165, 1.54) is 0 Å². The largest absolute Gasteiger partial charge is 0.381 e. The maximum atomic E-state index is 6.42. The number of rotatable bonds is 5. The summed E-state index contributed by atoms with van der Waals surface area (Å²) < 4.78 is 5.50. The first-order valence-corrected chi connectivity index (χ1v) is 8.01. The first-order chi connectivity index (χ1) is 10.6. The fourth-order valence-corrected chi connectivity index (χ4v) is 3.27. The molecule has 1 aromatic rings. The zero-order valence-electron chi connectivity index (χ0n) is 12.4. The number of benzene rings is 1. The highest BCUT2D eigenvalue weighted by atomic mass is 35.5. The summed E-state index contributed by atoms with van der Waals surface area (Å²) in [6.07, 6.45) is 3.45. The predicted molar refractivity (Wildman–Crippen MR) is 92.9 cm³/mol. The minimum absolute atomic E-state index is 0.166. The van der Waals surface area contributed by atoms with Gasteiger partial charge in [0.05, 0.1) is 6.54 Å². The van der Waals surface area contributed by atoms with Gasteiger partial charge in [-0.05, 0) is 30.5 Å². The third-order valence-electron chi connectivity index (χ3n) is 3.93. The summed E-state index contributed by atoms with van der Waals surface area (Å²) in [6.45, 7) is 6.18. The molecule has 3 N–H and O–H groups in total. The summed E-state index contributed by atoms with van der Waals surface area (Å²) in [6, 6.07) is 5.63. The summed E-state index contributed by atoms with van der Waals surface area (Å²) in [7, 11) is 0. The minimum atomic E-state index is -0.166. The summed E-state index contributed by atoms with van der Waals surface area (Å²) >= 11 is 12.4. The van der Waals surface area contributed by atoms with Gasteiger partial charge in [-0.3, -0.25) is 4.99 Å². The highest BCUT2D eigenvalue weighted by Gasteiger charge is 2.36. The van der Waals surface area contributed by atoms with Crippen molar-refractivity contribution in [2.24, 2.45) is 10.7 Å². The van der Waals surface area contributed by atoms with E-state index in [0.29, 0.717) is 42.3 Å². The van der Waals surface area contributed by atoms with E-state index in [1.807, 2.05) is 12.1 Å². The topological polar surface area (TPSA) is 59.6 Å². The number of guanidine groups is 1. The van der Waals surface area contributed by atoms with Crippen LogP contribution in [0.25, 0.3) is 0 Å². The molecular formula is C16H21Cl2N3O. The maximum Gasteiger partial charge on any atom is 0.188 e. The average molecular weight is 342 g/mol. The lowest BCUT2D eigenvalue weighted by atomic mass is 9.74. The second-order valence-corrected chi connectivity index (χ2v) is 6.23. The molecule has 0 unspecified atom stereocenters. The molecule has 0 atom stereocenters. The van der Waals surface area contributed by atoms with Gasteiger partial charge in [-0.2, -0.15) is 0 Å². The molecule has 1 saturated heterocycles. The van der Waals surface area contributed by atoms with Crippen LogP contribution in [0.1, 0.15) is 18.4 Å². The van der Waals surface area contributed by atoms with Crippen molar-refractivity contribution in [3.8, 4) is 0 Å². The van der Waals surface area contributed by atoms with Crippen molar-refractivity contribution < 1.29 is 4.74 Å². The number of hydrogen-bond donors (Lipinski definition) is 2. The monoisotopic (exact) mass is 341 g/mol. The third kappa shape index (κ3) is 4.15. The number of aliphatic imine (C=N–C) groups is 1. The molecule has 4 nitrogen and oxygen atoms in total. The number of ether oxygens (including phenoxy) is 1. The Bertz CT molecular complexity index is 554. The van der Waals surface area contributed by atoms with Crippen LogP contribution in [0, 0.1) is 0 Å². The number of hydrogen-bond acceptors (Lipinski definition) is 2. The van der Waals surface area contributed by atoms with E-state index in [2.05, 4.69) is 16.9 Å². The van der Waals surface area contributed by atoms with E-state index in [-0.39, 0.29) is 5.41 Å². The quantitative estimate of drug-likeness (QED) is 0.491. The van der Waals surface area contributed by atoms with Crippen molar-refractivity contribution >= 4 is 29.2 Å². The normalized spacial score (nSPS) is 18.0. The van der Waals surface area contributed by atoms with Gasteiger partial charge in [0.1, 0.15) is 0 Å². The lowest BCUT2D eigenvalue weighted by Gasteiger charge is -2.37. The number of nitrogens with one attached hydrogen (secondary N) is 1. The van der Waals surface area contributed by atoms with E-state index in [0.717, 1.165) is 18.4 Å². The minimum Gasteiger partial charge on any atom is -0.381 e. The summed E-state index contributed by atoms with van der Waals surface area (Å²) in [5.74, 6) is 0.413. The van der Waals surface area contributed by atoms with Crippen molar-refractivity contribution in [1.29, 1.82) is 0 Å². The van der Waals surface area contributed by atoms with Gasteiger partial charge < -0.3 is 15.8 Å². The van der Waals surface area contributed by atoms with Crippen LogP contribution in [-0.4, -0.2) is 32.3 Å². The molecule has 1 heterocycles. The fraction of sp³-hybridized carbons (Fsp3) is 0.438. The molecule has 1 aliphatic heterocycles. The van der Waals surface area contributed by atoms with Gasteiger partial charge in [-0.15, -0.1) is 6.58 Å². The maximum absolute atomic E-state index is 6.42. The van der Waals surface area contributed by atoms with Crippen molar-refractivity contribution in [2.45, 2.75) is 18.3 Å². The van der Waals surface area contributed by atoms with Crippen LogP contribution in [0.3, 0.4) is 0 Å². The average Bonchev–Trinajstić information content (AvgIpc) is 2.51. The molecule has 22 heavy (non-hydrogen) atoms. The second kappa shape index (κ2) is 7.86.